The molecule has 1 aromatic rings. The topological polar surface area (TPSA) is 79.5 Å². The summed E-state index contributed by atoms with van der Waals surface area (Å²) in [5.41, 5.74) is 2.76. The average Bonchev–Trinajstić information content (AvgIpc) is 2.96. The van der Waals surface area contributed by atoms with Crippen molar-refractivity contribution >= 4 is 32.5 Å². The van der Waals surface area contributed by atoms with Crippen LogP contribution >= 0.6 is 11.8 Å². The van der Waals surface area contributed by atoms with Crippen LogP contribution in [-0.4, -0.2) is 19.2 Å². The van der Waals surface area contributed by atoms with Crippen LogP contribution in [0.5, 0.6) is 0 Å². The van der Waals surface area contributed by atoms with Crippen LogP contribution in [0.2, 0.25) is 0 Å². The van der Waals surface area contributed by atoms with E-state index in [-0.39, 0.29) is 5.75 Å². The monoisotopic (exact) mass is 348 g/mol. The first-order valence-corrected chi connectivity index (χ1v) is 9.47. The second-order valence-electron chi connectivity index (χ2n) is 4.87. The Balaban J connectivity index is 2.42. The fraction of sp³-hybridized carbons (Fsp3) is 0.250. The molecule has 0 bridgehead atoms. The van der Waals surface area contributed by atoms with E-state index in [1.54, 1.807) is 18.4 Å². The lowest BCUT2D eigenvalue weighted by Gasteiger charge is -2.07. The molecule has 1 heterocycles. The smallest absolute Gasteiger partial charge is 0.267 e. The van der Waals surface area contributed by atoms with E-state index in [0.717, 1.165) is 11.1 Å². The molecule has 0 aliphatic carbocycles. The molecule has 23 heavy (non-hydrogen) atoms. The molecular formula is C16H16N2O3S2. The zero-order chi connectivity index (χ0) is 16.9. The Kier molecular flexibility index (Phi) is 5.64. The van der Waals surface area contributed by atoms with Crippen molar-refractivity contribution < 1.29 is 12.7 Å². The summed E-state index contributed by atoms with van der Waals surface area (Å²) in [5.74, 6) is -0.0934. The molecule has 0 fully saturated rings. The first kappa shape index (κ1) is 17.3. The lowest BCUT2D eigenvalue weighted by molar-refractivity contribution is 0.340. The highest BCUT2D eigenvalue weighted by atomic mass is 32.2. The minimum Gasteiger partial charge on any atom is -0.267 e. The van der Waals surface area contributed by atoms with Gasteiger partial charge in [0.05, 0.1) is 11.3 Å². The minimum absolute atomic E-state index is 0.0934. The minimum atomic E-state index is -3.68. The summed E-state index contributed by atoms with van der Waals surface area (Å²) in [5, 5.41) is 15.4. The van der Waals surface area contributed by atoms with E-state index in [1.807, 2.05) is 31.2 Å². The van der Waals surface area contributed by atoms with Crippen molar-refractivity contribution in [1.82, 2.24) is 0 Å². The van der Waals surface area contributed by atoms with Crippen molar-refractivity contribution in [2.75, 3.05) is 5.75 Å². The third-order valence-electron chi connectivity index (χ3n) is 3.13. The van der Waals surface area contributed by atoms with Crippen LogP contribution in [0, 0.1) is 18.3 Å². The first-order chi connectivity index (χ1) is 11.0. The molecular weight excluding hydrogens is 332 g/mol. The van der Waals surface area contributed by atoms with E-state index >= 15 is 0 Å². The number of nitrogens with zero attached hydrogens (tertiary/aromatic N) is 2. The van der Waals surface area contributed by atoms with Gasteiger partial charge in [-0.3, -0.25) is 4.28 Å². The third kappa shape index (κ3) is 4.24. The number of oxime groups is 1. The molecule has 0 spiro atoms. The lowest BCUT2D eigenvalue weighted by Crippen LogP contribution is -2.08. The number of aryl methyl sites for hydroxylation is 1. The van der Waals surface area contributed by atoms with Crippen molar-refractivity contribution in [1.29, 1.82) is 5.26 Å². The van der Waals surface area contributed by atoms with Gasteiger partial charge < -0.3 is 0 Å². The molecule has 7 heteroatoms. The highest BCUT2D eigenvalue weighted by molar-refractivity contribution is 8.17. The summed E-state index contributed by atoms with van der Waals surface area (Å²) >= 11 is 1.22. The molecule has 1 aliphatic rings. The number of allylic oxidation sites excluding steroid dienone is 2. The zero-order valence-electron chi connectivity index (χ0n) is 12.8. The average molecular weight is 348 g/mol. The van der Waals surface area contributed by atoms with Crippen molar-refractivity contribution in [3.63, 3.8) is 0 Å². The molecule has 1 aliphatic heterocycles. The van der Waals surface area contributed by atoms with Gasteiger partial charge in [-0.15, -0.1) is 0 Å². The maximum absolute atomic E-state index is 11.6. The van der Waals surface area contributed by atoms with Crippen LogP contribution in [0.25, 0.3) is 5.57 Å². The van der Waals surface area contributed by atoms with Gasteiger partial charge in [0, 0.05) is 5.57 Å². The summed E-state index contributed by atoms with van der Waals surface area (Å²) in [4.78, 5) is 0. The van der Waals surface area contributed by atoms with Crippen molar-refractivity contribution in [3.05, 3.63) is 52.4 Å². The SMILES string of the molecule is CCCS(=O)(=O)ON=C1SC=CC1=C(C#N)c1ccccc1C. The summed E-state index contributed by atoms with van der Waals surface area (Å²) in [6, 6.07) is 9.70. The molecule has 5 nitrogen and oxygen atoms in total. The fourth-order valence-corrected chi connectivity index (χ4v) is 3.58. The second-order valence-corrected chi connectivity index (χ2v) is 7.44. The maximum atomic E-state index is 11.6. The Morgan fingerprint density at radius 3 is 2.78 bits per heavy atom. The summed E-state index contributed by atoms with van der Waals surface area (Å²) in [7, 11) is -3.68. The van der Waals surface area contributed by atoms with Crippen LogP contribution in [0.1, 0.15) is 24.5 Å². The Hall–Kier alpha value is -2.04. The first-order valence-electron chi connectivity index (χ1n) is 7.01. The number of thioether (sulfide) groups is 1. The molecule has 0 atom stereocenters. The molecule has 2 rings (SSSR count). The van der Waals surface area contributed by atoms with Crippen molar-refractivity contribution in [3.8, 4) is 6.07 Å². The molecule has 0 saturated heterocycles. The number of rotatable bonds is 5. The summed E-state index contributed by atoms with van der Waals surface area (Å²) in [6.07, 6.45) is 2.19. The van der Waals surface area contributed by atoms with Gasteiger partial charge in [0.1, 0.15) is 11.1 Å². The molecule has 0 radical (unpaired) electrons. The highest BCUT2D eigenvalue weighted by Gasteiger charge is 2.20. The van der Waals surface area contributed by atoms with E-state index in [0.29, 0.717) is 22.6 Å². The fourth-order valence-electron chi connectivity index (χ4n) is 2.06. The predicted molar refractivity (Wildman–Crippen MR) is 93.0 cm³/mol. The maximum Gasteiger partial charge on any atom is 0.328 e. The Morgan fingerprint density at radius 1 is 1.39 bits per heavy atom. The van der Waals surface area contributed by atoms with E-state index in [4.69, 9.17) is 4.28 Å². The van der Waals surface area contributed by atoms with E-state index in [1.165, 1.54) is 11.8 Å². The number of hydrogen-bond donors (Lipinski definition) is 0. The molecule has 0 saturated carbocycles. The molecule has 0 aromatic heterocycles. The molecule has 0 unspecified atom stereocenters. The molecule has 120 valence electrons. The number of nitriles is 1. The Bertz CT molecular complexity index is 831. The van der Waals surface area contributed by atoms with Crippen LogP contribution in [0.4, 0.5) is 0 Å². The van der Waals surface area contributed by atoms with Gasteiger partial charge in [-0.05, 0) is 36.0 Å². The van der Waals surface area contributed by atoms with Gasteiger partial charge in [-0.1, -0.05) is 48.1 Å². The zero-order valence-corrected chi connectivity index (χ0v) is 14.4. The summed E-state index contributed by atoms with van der Waals surface area (Å²) < 4.78 is 27.9. The predicted octanol–water partition coefficient (Wildman–Crippen LogP) is 3.60. The quantitative estimate of drug-likeness (QED) is 0.600. The second kappa shape index (κ2) is 7.49. The molecule has 1 aromatic carbocycles. The standard InChI is InChI=1S/C16H16N2O3S2/c1-3-10-23(19,20)21-18-16-14(8-9-22-16)15(11-17)13-7-5-4-6-12(13)2/h4-9H,3,10H2,1-2H3. The van der Waals surface area contributed by atoms with E-state index in [9.17, 15) is 13.7 Å². The normalized spacial score (nSPS) is 18.0. The summed E-state index contributed by atoms with van der Waals surface area (Å²) in [6.45, 7) is 3.66. The largest absolute Gasteiger partial charge is 0.328 e. The van der Waals surface area contributed by atoms with Gasteiger partial charge in [-0.2, -0.15) is 13.7 Å². The Morgan fingerprint density at radius 2 is 2.13 bits per heavy atom. The van der Waals surface area contributed by atoms with Crippen LogP contribution < -0.4 is 0 Å². The van der Waals surface area contributed by atoms with Gasteiger partial charge >= 0.3 is 10.1 Å². The number of benzene rings is 1. The highest BCUT2D eigenvalue weighted by Crippen LogP contribution is 2.32. The van der Waals surface area contributed by atoms with Gasteiger partial charge in [0.2, 0.25) is 0 Å². The molecule has 0 amide bonds. The van der Waals surface area contributed by atoms with Gasteiger partial charge in [0.15, 0.2) is 0 Å². The van der Waals surface area contributed by atoms with Crippen molar-refractivity contribution in [2.24, 2.45) is 5.16 Å². The van der Waals surface area contributed by atoms with Crippen LogP contribution in [-0.2, 0) is 14.4 Å². The molecule has 0 N–H and O–H groups in total. The lowest BCUT2D eigenvalue weighted by atomic mass is 9.97. The van der Waals surface area contributed by atoms with Crippen LogP contribution in [0.3, 0.4) is 0 Å². The van der Waals surface area contributed by atoms with E-state index in [2.05, 4.69) is 11.2 Å². The van der Waals surface area contributed by atoms with Gasteiger partial charge in [-0.25, -0.2) is 0 Å². The van der Waals surface area contributed by atoms with E-state index < -0.39 is 10.1 Å². The van der Waals surface area contributed by atoms with Gasteiger partial charge in [0.25, 0.3) is 0 Å². The third-order valence-corrected chi connectivity index (χ3v) is 5.13. The van der Waals surface area contributed by atoms with Crippen molar-refractivity contribution in [2.45, 2.75) is 20.3 Å². The Labute approximate surface area is 140 Å². The van der Waals surface area contributed by atoms with Crippen LogP contribution in [0.15, 0.2) is 46.5 Å². The number of hydrogen-bond acceptors (Lipinski definition) is 6.